The molecule has 1 aromatic heterocycles. The molecule has 2 fully saturated rings. The predicted octanol–water partition coefficient (Wildman–Crippen LogP) is 1.94. The Bertz CT molecular complexity index is 915. The molecule has 31 heavy (non-hydrogen) atoms. The summed E-state index contributed by atoms with van der Waals surface area (Å²) in [5.41, 5.74) is 9.06. The van der Waals surface area contributed by atoms with E-state index in [0.717, 1.165) is 49.4 Å². The maximum absolute atomic E-state index is 8.84. The molecule has 0 radical (unpaired) electrons. The zero-order chi connectivity index (χ0) is 21.6. The number of rotatable bonds is 8. The van der Waals surface area contributed by atoms with Crippen LogP contribution in [0.4, 0.5) is 5.82 Å². The maximum atomic E-state index is 8.84. The summed E-state index contributed by atoms with van der Waals surface area (Å²) >= 11 is 0. The summed E-state index contributed by atoms with van der Waals surface area (Å²) in [4.78, 5) is 10.7. The quantitative estimate of drug-likeness (QED) is 0.587. The Morgan fingerprint density at radius 1 is 1.29 bits per heavy atom. The molecular formula is C22H29N7O2. The zero-order valence-corrected chi connectivity index (χ0v) is 18.0. The van der Waals surface area contributed by atoms with Crippen LogP contribution < -0.4 is 20.9 Å². The van der Waals surface area contributed by atoms with Gasteiger partial charge in [-0.2, -0.15) is 5.26 Å². The van der Waals surface area contributed by atoms with Gasteiger partial charge in [0.1, 0.15) is 17.6 Å². The maximum Gasteiger partial charge on any atom is 0.158 e. The van der Waals surface area contributed by atoms with E-state index in [1.165, 1.54) is 6.20 Å². The third-order valence-electron chi connectivity index (χ3n) is 5.83. The summed E-state index contributed by atoms with van der Waals surface area (Å²) in [5, 5.41) is 12.1. The molecule has 2 saturated heterocycles. The van der Waals surface area contributed by atoms with E-state index in [1.54, 1.807) is 13.3 Å². The monoisotopic (exact) mass is 423 g/mol. The molecule has 2 aromatic rings. The van der Waals surface area contributed by atoms with Crippen LogP contribution in [0.25, 0.3) is 0 Å². The molecule has 0 bridgehead atoms. The van der Waals surface area contributed by atoms with Gasteiger partial charge in [0.05, 0.1) is 44.4 Å². The summed E-state index contributed by atoms with van der Waals surface area (Å²) in [7, 11) is 1.70. The number of hydrogen-bond donors (Lipinski definition) is 3. The summed E-state index contributed by atoms with van der Waals surface area (Å²) in [6, 6.07) is 8.33. The van der Waals surface area contributed by atoms with Crippen molar-refractivity contribution in [1.82, 2.24) is 25.7 Å². The Balaban J connectivity index is 1.34. The van der Waals surface area contributed by atoms with Gasteiger partial charge in [-0.1, -0.05) is 19.1 Å². The van der Waals surface area contributed by atoms with Crippen LogP contribution in [-0.4, -0.2) is 53.9 Å². The van der Waals surface area contributed by atoms with E-state index in [9.17, 15) is 0 Å². The number of likely N-dealkylation sites (N-methyl/N-ethyl adjacent to an activating group) is 1. The number of hydrogen-bond acceptors (Lipinski definition) is 9. The van der Waals surface area contributed by atoms with Crippen LogP contribution in [0, 0.1) is 11.3 Å². The first-order valence-corrected chi connectivity index (χ1v) is 10.7. The largest absolute Gasteiger partial charge is 0.496 e. The van der Waals surface area contributed by atoms with Gasteiger partial charge in [0.25, 0.3) is 0 Å². The van der Waals surface area contributed by atoms with Crippen LogP contribution in [0.5, 0.6) is 5.75 Å². The van der Waals surface area contributed by atoms with Crippen molar-refractivity contribution in [3.05, 3.63) is 47.4 Å². The molecule has 164 valence electrons. The van der Waals surface area contributed by atoms with Crippen molar-refractivity contribution >= 4 is 5.82 Å². The second-order valence-electron chi connectivity index (χ2n) is 7.86. The standard InChI is InChI=1S/C22H29N7O2/c1-3-29-7-6-17(13-29)31-14-15-4-5-18(20(8-15)30-2)19-9-21(28-27-19)26-22-12-24-16(10-23)11-25-22/h4-5,8,11-12,17,19,21,27-28H,3,6-7,9,13-14H2,1-2H3,(H,25,26)/t17-,19?,21?/m0/s1. The fourth-order valence-corrected chi connectivity index (χ4v) is 4.06. The second kappa shape index (κ2) is 10.0. The molecule has 0 aliphatic carbocycles. The highest BCUT2D eigenvalue weighted by Crippen LogP contribution is 2.31. The van der Waals surface area contributed by atoms with E-state index in [2.05, 4.69) is 56.2 Å². The average molecular weight is 424 g/mol. The average Bonchev–Trinajstić information content (AvgIpc) is 3.47. The van der Waals surface area contributed by atoms with Gasteiger partial charge in [0.15, 0.2) is 5.69 Å². The fraction of sp³-hybridized carbons (Fsp3) is 0.500. The zero-order valence-electron chi connectivity index (χ0n) is 18.0. The Labute approximate surface area is 182 Å². The molecule has 3 heterocycles. The number of anilines is 1. The van der Waals surface area contributed by atoms with Gasteiger partial charge in [0.2, 0.25) is 0 Å². The molecule has 9 heteroatoms. The first kappa shape index (κ1) is 21.5. The lowest BCUT2D eigenvalue weighted by Gasteiger charge is -2.17. The number of hydrazine groups is 1. The number of nitriles is 1. The minimum absolute atomic E-state index is 0.0242. The van der Waals surface area contributed by atoms with E-state index >= 15 is 0 Å². The summed E-state index contributed by atoms with van der Waals surface area (Å²) < 4.78 is 11.8. The molecule has 1 aromatic carbocycles. The van der Waals surface area contributed by atoms with Gasteiger partial charge in [0, 0.05) is 25.1 Å². The van der Waals surface area contributed by atoms with Gasteiger partial charge in [-0.05, 0) is 24.6 Å². The van der Waals surface area contributed by atoms with E-state index in [1.807, 2.05) is 6.07 Å². The molecule has 3 N–H and O–H groups in total. The third kappa shape index (κ3) is 5.29. The van der Waals surface area contributed by atoms with Crippen molar-refractivity contribution in [2.45, 2.75) is 44.7 Å². The van der Waals surface area contributed by atoms with Gasteiger partial charge in [-0.3, -0.25) is 0 Å². The fourth-order valence-electron chi connectivity index (χ4n) is 4.06. The highest BCUT2D eigenvalue weighted by molar-refractivity contribution is 5.41. The number of nitrogens with one attached hydrogen (secondary N) is 3. The number of benzene rings is 1. The van der Waals surface area contributed by atoms with Gasteiger partial charge >= 0.3 is 0 Å². The summed E-state index contributed by atoms with van der Waals surface area (Å²) in [6.07, 6.45) is 5.19. The Kier molecular flexibility index (Phi) is 6.94. The topological polar surface area (TPSA) is 107 Å². The van der Waals surface area contributed by atoms with Crippen molar-refractivity contribution in [3.8, 4) is 11.8 Å². The number of methoxy groups -OCH3 is 1. The Hall–Kier alpha value is -2.77. The van der Waals surface area contributed by atoms with Gasteiger partial charge in [-0.15, -0.1) is 0 Å². The molecule has 0 amide bonds. The molecule has 0 spiro atoms. The van der Waals surface area contributed by atoms with E-state index < -0.39 is 0 Å². The van der Waals surface area contributed by atoms with Crippen molar-refractivity contribution < 1.29 is 9.47 Å². The van der Waals surface area contributed by atoms with E-state index in [-0.39, 0.29) is 12.2 Å². The molecule has 2 unspecified atom stereocenters. The molecule has 4 rings (SSSR count). The van der Waals surface area contributed by atoms with Gasteiger partial charge < -0.3 is 19.7 Å². The summed E-state index contributed by atoms with van der Waals surface area (Å²) in [5.74, 6) is 1.47. The molecule has 0 saturated carbocycles. The molecule has 3 atom stereocenters. The van der Waals surface area contributed by atoms with Crippen LogP contribution in [0.2, 0.25) is 0 Å². The van der Waals surface area contributed by atoms with Crippen molar-refractivity contribution in [2.24, 2.45) is 0 Å². The Morgan fingerprint density at radius 2 is 2.19 bits per heavy atom. The van der Waals surface area contributed by atoms with Gasteiger partial charge in [-0.25, -0.2) is 20.8 Å². The summed E-state index contributed by atoms with van der Waals surface area (Å²) in [6.45, 7) is 6.00. The van der Waals surface area contributed by atoms with E-state index in [0.29, 0.717) is 24.2 Å². The first-order valence-electron chi connectivity index (χ1n) is 10.7. The Morgan fingerprint density at radius 3 is 2.90 bits per heavy atom. The second-order valence-corrected chi connectivity index (χ2v) is 7.86. The highest BCUT2D eigenvalue weighted by atomic mass is 16.5. The van der Waals surface area contributed by atoms with Crippen LogP contribution in [0.1, 0.15) is 42.6 Å². The SMILES string of the molecule is CCN1CC[C@H](OCc2ccc(C3CC(Nc4cnc(C#N)cn4)NN3)c(OC)c2)C1. The van der Waals surface area contributed by atoms with Crippen molar-refractivity contribution in [2.75, 3.05) is 32.1 Å². The molecular weight excluding hydrogens is 394 g/mol. The number of likely N-dealkylation sites (tertiary alicyclic amines) is 1. The van der Waals surface area contributed by atoms with Crippen LogP contribution in [-0.2, 0) is 11.3 Å². The molecule has 2 aliphatic heterocycles. The molecule has 9 nitrogen and oxygen atoms in total. The number of nitrogens with zero attached hydrogens (tertiary/aromatic N) is 4. The number of aromatic nitrogens is 2. The van der Waals surface area contributed by atoms with Crippen molar-refractivity contribution in [1.29, 1.82) is 5.26 Å². The predicted molar refractivity (Wildman–Crippen MR) is 116 cm³/mol. The van der Waals surface area contributed by atoms with E-state index in [4.69, 9.17) is 14.7 Å². The lowest BCUT2D eigenvalue weighted by atomic mass is 10.0. The normalized spacial score (nSPS) is 23.6. The van der Waals surface area contributed by atoms with Crippen molar-refractivity contribution in [3.63, 3.8) is 0 Å². The highest BCUT2D eigenvalue weighted by Gasteiger charge is 2.28. The minimum atomic E-state index is -0.0242. The lowest BCUT2D eigenvalue weighted by molar-refractivity contribution is 0.0469. The third-order valence-corrected chi connectivity index (χ3v) is 5.83. The number of ether oxygens (including phenoxy) is 2. The van der Waals surface area contributed by atoms with Crippen LogP contribution in [0.15, 0.2) is 30.6 Å². The minimum Gasteiger partial charge on any atom is -0.496 e. The van der Waals surface area contributed by atoms with Crippen LogP contribution in [0.3, 0.4) is 0 Å². The first-order chi connectivity index (χ1) is 15.2. The van der Waals surface area contributed by atoms with Crippen LogP contribution >= 0.6 is 0 Å². The lowest BCUT2D eigenvalue weighted by Crippen LogP contribution is -2.36. The molecule has 2 aliphatic rings. The smallest absolute Gasteiger partial charge is 0.158 e.